The fraction of sp³-hybridized carbons (Fsp3) is 0.357. The van der Waals surface area contributed by atoms with E-state index in [0.29, 0.717) is 0 Å². The molecule has 0 saturated carbocycles. The number of hydrogen-bond donors (Lipinski definition) is 1. The molecule has 16 heavy (non-hydrogen) atoms. The lowest BCUT2D eigenvalue weighted by Crippen LogP contribution is -2.23. The van der Waals surface area contributed by atoms with Crippen molar-refractivity contribution >= 4 is 5.57 Å². The predicted molar refractivity (Wildman–Crippen MR) is 65.9 cm³/mol. The molecule has 0 amide bonds. The molecule has 2 rings (SSSR count). The standard InChI is InChI=1S/C14H16N2/c1-11(14-6-8-16-9-7-14)13-4-2-12(10-15)3-5-13/h2-5,16H,6-9H2,1H3. The van der Waals surface area contributed by atoms with Gasteiger partial charge in [-0.05, 0) is 56.1 Å². The van der Waals surface area contributed by atoms with Gasteiger partial charge in [0.1, 0.15) is 0 Å². The first-order valence-electron chi connectivity index (χ1n) is 5.71. The number of nitrogens with zero attached hydrogens (tertiary/aromatic N) is 1. The van der Waals surface area contributed by atoms with Crippen molar-refractivity contribution in [3.8, 4) is 6.07 Å². The molecule has 82 valence electrons. The largest absolute Gasteiger partial charge is 0.316 e. The van der Waals surface area contributed by atoms with Crippen molar-refractivity contribution in [3.05, 3.63) is 41.0 Å². The summed E-state index contributed by atoms with van der Waals surface area (Å²) in [6.07, 6.45) is 2.29. The van der Waals surface area contributed by atoms with Crippen molar-refractivity contribution in [2.45, 2.75) is 19.8 Å². The number of nitrogens with one attached hydrogen (secondary N) is 1. The summed E-state index contributed by atoms with van der Waals surface area (Å²) < 4.78 is 0. The van der Waals surface area contributed by atoms with E-state index in [1.807, 2.05) is 24.3 Å². The van der Waals surface area contributed by atoms with Gasteiger partial charge in [0.25, 0.3) is 0 Å². The van der Waals surface area contributed by atoms with Crippen LogP contribution >= 0.6 is 0 Å². The van der Waals surface area contributed by atoms with Gasteiger partial charge in [0, 0.05) is 0 Å². The summed E-state index contributed by atoms with van der Waals surface area (Å²) in [4.78, 5) is 0. The molecule has 0 spiro atoms. The molecular formula is C14H16N2. The molecule has 1 aromatic rings. The lowest BCUT2D eigenvalue weighted by Gasteiger charge is -2.18. The van der Waals surface area contributed by atoms with Gasteiger partial charge in [-0.3, -0.25) is 0 Å². The van der Waals surface area contributed by atoms with Gasteiger partial charge < -0.3 is 5.32 Å². The molecule has 1 N–H and O–H groups in total. The van der Waals surface area contributed by atoms with E-state index in [1.165, 1.54) is 11.1 Å². The van der Waals surface area contributed by atoms with Crippen LogP contribution in [0, 0.1) is 11.3 Å². The zero-order chi connectivity index (χ0) is 11.4. The van der Waals surface area contributed by atoms with Gasteiger partial charge in [0.15, 0.2) is 0 Å². The summed E-state index contributed by atoms with van der Waals surface area (Å²) in [7, 11) is 0. The van der Waals surface area contributed by atoms with Crippen LogP contribution in [0.25, 0.3) is 5.57 Å². The second kappa shape index (κ2) is 4.96. The quantitative estimate of drug-likeness (QED) is 0.777. The molecule has 1 saturated heterocycles. The van der Waals surface area contributed by atoms with Crippen molar-refractivity contribution in [3.63, 3.8) is 0 Å². The highest BCUT2D eigenvalue weighted by atomic mass is 14.9. The summed E-state index contributed by atoms with van der Waals surface area (Å²) in [5.41, 5.74) is 4.90. The van der Waals surface area contributed by atoms with Gasteiger partial charge in [0.2, 0.25) is 0 Å². The van der Waals surface area contributed by atoms with Gasteiger partial charge in [-0.25, -0.2) is 0 Å². The Hall–Kier alpha value is -1.59. The Balaban J connectivity index is 2.25. The first kappa shape index (κ1) is 10.9. The summed E-state index contributed by atoms with van der Waals surface area (Å²) >= 11 is 0. The average molecular weight is 212 g/mol. The highest BCUT2D eigenvalue weighted by Gasteiger charge is 2.08. The number of nitriles is 1. The van der Waals surface area contributed by atoms with Crippen molar-refractivity contribution in [2.75, 3.05) is 13.1 Å². The third-order valence-electron chi connectivity index (χ3n) is 3.18. The molecule has 1 heterocycles. The van der Waals surface area contributed by atoms with E-state index in [1.54, 1.807) is 5.57 Å². The monoisotopic (exact) mass is 212 g/mol. The molecule has 2 heteroatoms. The van der Waals surface area contributed by atoms with Crippen LogP contribution in [0.1, 0.15) is 30.9 Å². The van der Waals surface area contributed by atoms with E-state index in [0.717, 1.165) is 31.5 Å². The Kier molecular flexibility index (Phi) is 3.38. The van der Waals surface area contributed by atoms with E-state index in [-0.39, 0.29) is 0 Å². The van der Waals surface area contributed by atoms with Crippen LogP contribution < -0.4 is 5.32 Å². The fourth-order valence-electron chi connectivity index (χ4n) is 2.10. The van der Waals surface area contributed by atoms with Crippen LogP contribution in [-0.4, -0.2) is 13.1 Å². The Bertz CT molecular complexity index is 427. The van der Waals surface area contributed by atoms with Crippen LogP contribution in [0.15, 0.2) is 29.8 Å². The SMILES string of the molecule is CC(=C1CCNCC1)c1ccc(C#N)cc1. The van der Waals surface area contributed by atoms with E-state index in [2.05, 4.69) is 18.3 Å². The Labute approximate surface area is 96.6 Å². The van der Waals surface area contributed by atoms with Crippen LogP contribution in [-0.2, 0) is 0 Å². The van der Waals surface area contributed by atoms with Crippen molar-refractivity contribution < 1.29 is 0 Å². The summed E-state index contributed by atoms with van der Waals surface area (Å²) in [5, 5.41) is 12.1. The molecule has 0 aromatic heterocycles. The predicted octanol–water partition coefficient (Wildman–Crippen LogP) is 2.72. The fourth-order valence-corrected chi connectivity index (χ4v) is 2.10. The lowest BCUT2D eigenvalue weighted by atomic mass is 9.94. The second-order valence-electron chi connectivity index (χ2n) is 4.17. The normalized spacial score (nSPS) is 15.6. The van der Waals surface area contributed by atoms with E-state index in [9.17, 15) is 0 Å². The van der Waals surface area contributed by atoms with Gasteiger partial charge in [-0.15, -0.1) is 0 Å². The van der Waals surface area contributed by atoms with Gasteiger partial charge in [-0.1, -0.05) is 17.7 Å². The molecule has 1 aliphatic heterocycles. The van der Waals surface area contributed by atoms with Gasteiger partial charge in [0.05, 0.1) is 11.6 Å². The van der Waals surface area contributed by atoms with Crippen LogP contribution in [0.2, 0.25) is 0 Å². The third-order valence-corrected chi connectivity index (χ3v) is 3.18. The zero-order valence-electron chi connectivity index (χ0n) is 9.59. The summed E-state index contributed by atoms with van der Waals surface area (Å²) in [6, 6.07) is 10.0. The number of piperidine rings is 1. The van der Waals surface area contributed by atoms with Crippen molar-refractivity contribution in [1.82, 2.24) is 5.32 Å². The molecule has 1 aromatic carbocycles. The van der Waals surface area contributed by atoms with E-state index < -0.39 is 0 Å². The highest BCUT2D eigenvalue weighted by Crippen LogP contribution is 2.24. The molecule has 0 unspecified atom stereocenters. The maximum Gasteiger partial charge on any atom is 0.0991 e. The third kappa shape index (κ3) is 2.32. The molecule has 1 aliphatic rings. The van der Waals surface area contributed by atoms with Crippen LogP contribution in [0.3, 0.4) is 0 Å². The molecule has 0 radical (unpaired) electrons. The molecular weight excluding hydrogens is 196 g/mol. The summed E-state index contributed by atoms with van der Waals surface area (Å²) in [6.45, 7) is 4.36. The minimum atomic E-state index is 0.729. The van der Waals surface area contributed by atoms with E-state index in [4.69, 9.17) is 5.26 Å². The van der Waals surface area contributed by atoms with Crippen molar-refractivity contribution in [1.29, 1.82) is 5.26 Å². The topological polar surface area (TPSA) is 35.8 Å². The Morgan fingerprint density at radius 2 is 1.81 bits per heavy atom. The Morgan fingerprint density at radius 3 is 2.38 bits per heavy atom. The first-order valence-corrected chi connectivity index (χ1v) is 5.71. The number of hydrogen-bond acceptors (Lipinski definition) is 2. The molecule has 0 bridgehead atoms. The van der Waals surface area contributed by atoms with Crippen LogP contribution in [0.4, 0.5) is 0 Å². The summed E-state index contributed by atoms with van der Waals surface area (Å²) in [5.74, 6) is 0. The van der Waals surface area contributed by atoms with Crippen molar-refractivity contribution in [2.24, 2.45) is 0 Å². The Morgan fingerprint density at radius 1 is 1.19 bits per heavy atom. The minimum absolute atomic E-state index is 0.729. The minimum Gasteiger partial charge on any atom is -0.316 e. The molecule has 0 atom stereocenters. The average Bonchev–Trinajstić information content (AvgIpc) is 2.39. The highest BCUT2D eigenvalue weighted by molar-refractivity contribution is 5.67. The smallest absolute Gasteiger partial charge is 0.0991 e. The lowest BCUT2D eigenvalue weighted by molar-refractivity contribution is 0.611. The molecule has 2 nitrogen and oxygen atoms in total. The number of benzene rings is 1. The van der Waals surface area contributed by atoms with Gasteiger partial charge in [-0.2, -0.15) is 5.26 Å². The number of rotatable bonds is 1. The molecule has 1 fully saturated rings. The maximum absolute atomic E-state index is 8.75. The second-order valence-corrected chi connectivity index (χ2v) is 4.17. The first-order chi connectivity index (χ1) is 7.81. The van der Waals surface area contributed by atoms with Crippen LogP contribution in [0.5, 0.6) is 0 Å². The molecule has 0 aliphatic carbocycles. The van der Waals surface area contributed by atoms with E-state index >= 15 is 0 Å². The van der Waals surface area contributed by atoms with Gasteiger partial charge >= 0.3 is 0 Å². The zero-order valence-corrected chi connectivity index (χ0v) is 9.59. The maximum atomic E-state index is 8.75. The number of allylic oxidation sites excluding steroid dienone is 1.